The molecular formula is C22H12Cl3FN4O2. The van der Waals surface area contributed by atoms with Crippen LogP contribution in [0.2, 0.25) is 15.2 Å². The Kier molecular flexibility index (Phi) is 6.28. The molecule has 0 aliphatic carbocycles. The van der Waals surface area contributed by atoms with E-state index in [2.05, 4.69) is 15.2 Å². The van der Waals surface area contributed by atoms with Crippen molar-refractivity contribution in [2.24, 2.45) is 0 Å². The summed E-state index contributed by atoms with van der Waals surface area (Å²) in [5.41, 5.74) is 1.80. The molecule has 0 radical (unpaired) electrons. The predicted octanol–water partition coefficient (Wildman–Crippen LogP) is 6.79. The van der Waals surface area contributed by atoms with Crippen LogP contribution in [0.5, 0.6) is 11.5 Å². The summed E-state index contributed by atoms with van der Waals surface area (Å²) in [6.07, 6.45) is 0.00313. The maximum atomic E-state index is 15.2. The number of aromatic nitrogens is 3. The number of halogens is 4. The van der Waals surface area contributed by atoms with E-state index in [1.165, 1.54) is 30.3 Å². The van der Waals surface area contributed by atoms with Crippen molar-refractivity contribution in [3.05, 3.63) is 86.2 Å². The average molecular weight is 490 g/mol. The van der Waals surface area contributed by atoms with Crippen molar-refractivity contribution in [3.8, 4) is 29.0 Å². The van der Waals surface area contributed by atoms with Crippen LogP contribution in [-0.2, 0) is 6.42 Å². The van der Waals surface area contributed by atoms with Gasteiger partial charge in [0.15, 0.2) is 11.6 Å². The minimum atomic E-state index is -0.696. The van der Waals surface area contributed by atoms with Crippen molar-refractivity contribution < 1.29 is 13.5 Å². The van der Waals surface area contributed by atoms with E-state index < -0.39 is 5.82 Å². The smallest absolute Gasteiger partial charge is 0.247 e. The van der Waals surface area contributed by atoms with Crippen LogP contribution in [0.3, 0.4) is 0 Å². The quantitative estimate of drug-likeness (QED) is 0.287. The maximum absolute atomic E-state index is 15.2. The van der Waals surface area contributed by atoms with E-state index in [1.54, 1.807) is 19.1 Å². The normalized spacial score (nSPS) is 10.8. The summed E-state index contributed by atoms with van der Waals surface area (Å²) in [6.45, 7) is 1.79. The Bertz CT molecular complexity index is 1350. The van der Waals surface area contributed by atoms with E-state index in [0.29, 0.717) is 16.4 Å². The molecule has 0 unspecified atom stereocenters. The van der Waals surface area contributed by atoms with Crippen molar-refractivity contribution in [2.45, 2.75) is 13.3 Å². The van der Waals surface area contributed by atoms with Crippen molar-refractivity contribution >= 4 is 34.8 Å². The van der Waals surface area contributed by atoms with Gasteiger partial charge in [-0.1, -0.05) is 40.9 Å². The molecule has 6 nitrogen and oxygen atoms in total. The standard InChI is InChI=1S/C22H12Cl3FN4O2/c1-11-4-14(7-18(25)28-11)22-30-29-19(32-22)8-13-2-3-17(24)21(20(13)26)31-16-6-12(10-27)5-15(23)9-16/h2-7,9H,8H2,1H3. The molecule has 0 fully saturated rings. The number of benzene rings is 2. The number of hydrogen-bond donors (Lipinski definition) is 0. The Labute approximate surface area is 197 Å². The van der Waals surface area contributed by atoms with Crippen molar-refractivity contribution in [1.29, 1.82) is 5.26 Å². The molecule has 0 aliphatic heterocycles. The third-order valence-corrected chi connectivity index (χ3v) is 5.04. The second-order valence-corrected chi connectivity index (χ2v) is 7.97. The van der Waals surface area contributed by atoms with E-state index in [1.807, 2.05) is 6.07 Å². The molecule has 4 aromatic rings. The zero-order valence-corrected chi connectivity index (χ0v) is 18.6. The zero-order valence-electron chi connectivity index (χ0n) is 16.4. The average Bonchev–Trinajstić information content (AvgIpc) is 3.21. The first-order chi connectivity index (χ1) is 15.3. The molecule has 10 heteroatoms. The van der Waals surface area contributed by atoms with Crippen molar-refractivity contribution in [3.63, 3.8) is 0 Å². The Morgan fingerprint density at radius 2 is 1.91 bits per heavy atom. The molecule has 0 spiro atoms. The first-order valence-electron chi connectivity index (χ1n) is 9.15. The molecule has 0 aliphatic rings. The summed E-state index contributed by atoms with van der Waals surface area (Å²) in [6, 6.07) is 12.7. The molecule has 2 aromatic carbocycles. The van der Waals surface area contributed by atoms with Crippen LogP contribution in [0.4, 0.5) is 4.39 Å². The summed E-state index contributed by atoms with van der Waals surface area (Å²) < 4.78 is 26.5. The largest absolute Gasteiger partial charge is 0.453 e. The molecule has 160 valence electrons. The Morgan fingerprint density at radius 3 is 2.66 bits per heavy atom. The van der Waals surface area contributed by atoms with Gasteiger partial charge < -0.3 is 9.15 Å². The van der Waals surface area contributed by atoms with Gasteiger partial charge in [-0.05, 0) is 43.3 Å². The van der Waals surface area contributed by atoms with Crippen molar-refractivity contribution in [2.75, 3.05) is 0 Å². The number of rotatable bonds is 5. The fraction of sp³-hybridized carbons (Fsp3) is 0.0909. The Morgan fingerprint density at radius 1 is 1.09 bits per heavy atom. The molecule has 0 saturated heterocycles. The van der Waals surface area contributed by atoms with Crippen LogP contribution >= 0.6 is 34.8 Å². The number of ether oxygens (including phenoxy) is 1. The number of pyridine rings is 1. The summed E-state index contributed by atoms with van der Waals surface area (Å²) >= 11 is 18.1. The molecule has 2 heterocycles. The highest BCUT2D eigenvalue weighted by atomic mass is 35.5. The first kappa shape index (κ1) is 22.0. The topological polar surface area (TPSA) is 84.8 Å². The van der Waals surface area contributed by atoms with Crippen LogP contribution in [0, 0.1) is 24.1 Å². The third-order valence-electron chi connectivity index (χ3n) is 4.33. The number of aryl methyl sites for hydroxylation is 1. The second kappa shape index (κ2) is 9.13. The van der Waals surface area contributed by atoms with Crippen LogP contribution in [-0.4, -0.2) is 15.2 Å². The lowest BCUT2D eigenvalue weighted by molar-refractivity contribution is 0.437. The second-order valence-electron chi connectivity index (χ2n) is 6.74. The van der Waals surface area contributed by atoms with Crippen LogP contribution < -0.4 is 4.74 Å². The molecule has 0 saturated carbocycles. The molecule has 32 heavy (non-hydrogen) atoms. The van der Waals surface area contributed by atoms with E-state index in [-0.39, 0.29) is 50.9 Å². The fourth-order valence-corrected chi connectivity index (χ4v) is 3.62. The van der Waals surface area contributed by atoms with Gasteiger partial charge in [-0.15, -0.1) is 10.2 Å². The van der Waals surface area contributed by atoms with Gasteiger partial charge in [-0.2, -0.15) is 5.26 Å². The van der Waals surface area contributed by atoms with Crippen molar-refractivity contribution in [1.82, 2.24) is 15.2 Å². The monoisotopic (exact) mass is 488 g/mol. The molecule has 4 rings (SSSR count). The minimum absolute atomic E-state index is 0.00313. The van der Waals surface area contributed by atoms with Gasteiger partial charge >= 0.3 is 0 Å². The number of nitrogens with zero attached hydrogens (tertiary/aromatic N) is 4. The summed E-state index contributed by atoms with van der Waals surface area (Å²) in [7, 11) is 0. The first-order valence-corrected chi connectivity index (χ1v) is 10.3. The molecule has 0 bridgehead atoms. The van der Waals surface area contributed by atoms with E-state index in [0.717, 1.165) is 0 Å². The Hall–Kier alpha value is -3.18. The van der Waals surface area contributed by atoms with Crippen LogP contribution in [0.1, 0.15) is 22.7 Å². The summed E-state index contributed by atoms with van der Waals surface area (Å²) in [5, 5.41) is 17.7. The number of nitriles is 1. The molecule has 0 amide bonds. The lowest BCUT2D eigenvalue weighted by Gasteiger charge is -2.11. The minimum Gasteiger partial charge on any atom is -0.453 e. The lowest BCUT2D eigenvalue weighted by Crippen LogP contribution is -1.98. The summed E-state index contributed by atoms with van der Waals surface area (Å²) in [5.74, 6) is -0.296. The highest BCUT2D eigenvalue weighted by molar-refractivity contribution is 6.32. The summed E-state index contributed by atoms with van der Waals surface area (Å²) in [4.78, 5) is 4.09. The van der Waals surface area contributed by atoms with Gasteiger partial charge in [-0.3, -0.25) is 0 Å². The van der Waals surface area contributed by atoms with E-state index in [4.69, 9.17) is 49.2 Å². The molecule has 2 aromatic heterocycles. The molecule has 0 N–H and O–H groups in total. The molecular weight excluding hydrogens is 478 g/mol. The van der Waals surface area contributed by atoms with Gasteiger partial charge in [0.05, 0.1) is 23.1 Å². The van der Waals surface area contributed by atoms with Gasteiger partial charge in [-0.25, -0.2) is 9.37 Å². The maximum Gasteiger partial charge on any atom is 0.247 e. The van der Waals surface area contributed by atoms with Gasteiger partial charge in [0.2, 0.25) is 11.8 Å². The lowest BCUT2D eigenvalue weighted by atomic mass is 10.1. The van der Waals surface area contributed by atoms with Gasteiger partial charge in [0.25, 0.3) is 0 Å². The SMILES string of the molecule is Cc1cc(-c2nnc(Cc3ccc(Cl)c(Oc4cc(Cl)cc(C#N)c4)c3F)o2)cc(Cl)n1. The highest BCUT2D eigenvalue weighted by Gasteiger charge is 2.18. The third kappa shape index (κ3) is 4.83. The number of hydrogen-bond acceptors (Lipinski definition) is 6. The zero-order chi connectivity index (χ0) is 22.8. The highest BCUT2D eigenvalue weighted by Crippen LogP contribution is 2.36. The van der Waals surface area contributed by atoms with Gasteiger partial charge in [0.1, 0.15) is 10.9 Å². The van der Waals surface area contributed by atoms with Gasteiger partial charge in [0, 0.05) is 21.8 Å². The predicted molar refractivity (Wildman–Crippen MR) is 118 cm³/mol. The molecule has 0 atom stereocenters. The van der Waals surface area contributed by atoms with E-state index >= 15 is 4.39 Å². The van der Waals surface area contributed by atoms with E-state index in [9.17, 15) is 0 Å². The van der Waals surface area contributed by atoms with Crippen LogP contribution in [0.15, 0.2) is 46.9 Å². The van der Waals surface area contributed by atoms with Crippen LogP contribution in [0.25, 0.3) is 11.5 Å². The fourth-order valence-electron chi connectivity index (χ4n) is 2.96. The Balaban J connectivity index is 1.62.